The van der Waals surface area contributed by atoms with E-state index in [1.54, 1.807) is 30.3 Å². The van der Waals surface area contributed by atoms with E-state index in [9.17, 15) is 18.0 Å². The summed E-state index contributed by atoms with van der Waals surface area (Å²) in [5.74, 6) is -0.744. The normalized spacial score (nSPS) is 12.1. The summed E-state index contributed by atoms with van der Waals surface area (Å²) in [5, 5.41) is 3.37. The minimum absolute atomic E-state index is 0.0879. The van der Waals surface area contributed by atoms with Crippen LogP contribution in [-0.2, 0) is 32.6 Å². The van der Waals surface area contributed by atoms with Crippen LogP contribution in [0.1, 0.15) is 51.2 Å². The molecule has 2 rings (SSSR count). The Labute approximate surface area is 214 Å². The van der Waals surface area contributed by atoms with Crippen molar-refractivity contribution in [3.8, 4) is 0 Å². The first-order valence-corrected chi connectivity index (χ1v) is 14.2. The molecule has 35 heavy (non-hydrogen) atoms. The highest BCUT2D eigenvalue weighted by molar-refractivity contribution is 7.92. The molecule has 0 saturated carbocycles. The van der Waals surface area contributed by atoms with Gasteiger partial charge >= 0.3 is 0 Å². The van der Waals surface area contributed by atoms with Gasteiger partial charge in [0.1, 0.15) is 12.6 Å². The van der Waals surface area contributed by atoms with Crippen molar-refractivity contribution >= 4 is 39.1 Å². The van der Waals surface area contributed by atoms with Crippen LogP contribution in [0.4, 0.5) is 5.69 Å². The number of halogens is 1. The van der Waals surface area contributed by atoms with E-state index in [-0.39, 0.29) is 12.5 Å². The van der Waals surface area contributed by atoms with E-state index in [0.29, 0.717) is 29.2 Å². The van der Waals surface area contributed by atoms with Crippen LogP contribution in [0.2, 0.25) is 5.02 Å². The highest BCUT2D eigenvalue weighted by Crippen LogP contribution is 2.22. The van der Waals surface area contributed by atoms with Crippen LogP contribution in [0.5, 0.6) is 0 Å². The molecule has 0 spiro atoms. The van der Waals surface area contributed by atoms with Crippen molar-refractivity contribution in [3.63, 3.8) is 0 Å². The van der Waals surface area contributed by atoms with Crippen LogP contribution in [0.15, 0.2) is 48.5 Å². The number of sulfonamides is 1. The Kier molecular flexibility index (Phi) is 11.0. The molecule has 0 bridgehead atoms. The smallest absolute Gasteiger partial charge is 0.244 e. The molecular weight excluding hydrogens is 486 g/mol. The van der Waals surface area contributed by atoms with E-state index in [1.807, 2.05) is 39.0 Å². The SMILES string of the molecule is CCCCNC(=O)[C@@H](CC)N(Cc1ccccc1Cl)C(=O)CN(c1ccc(CC)cc1)S(C)(=O)=O. The van der Waals surface area contributed by atoms with Crippen molar-refractivity contribution < 1.29 is 18.0 Å². The van der Waals surface area contributed by atoms with Gasteiger partial charge in [-0.25, -0.2) is 8.42 Å². The fraction of sp³-hybridized carbons (Fsp3) is 0.462. The zero-order valence-corrected chi connectivity index (χ0v) is 22.5. The van der Waals surface area contributed by atoms with Gasteiger partial charge in [0.25, 0.3) is 0 Å². The highest BCUT2D eigenvalue weighted by Gasteiger charge is 2.32. The van der Waals surface area contributed by atoms with Gasteiger partial charge in [0.2, 0.25) is 21.8 Å². The third kappa shape index (κ3) is 8.25. The summed E-state index contributed by atoms with van der Waals surface area (Å²) in [6.07, 6.45) is 4.02. The minimum atomic E-state index is -3.76. The van der Waals surface area contributed by atoms with Crippen molar-refractivity contribution in [2.45, 2.75) is 59.0 Å². The average molecular weight is 522 g/mol. The molecule has 2 amide bonds. The van der Waals surface area contributed by atoms with Crippen LogP contribution >= 0.6 is 11.6 Å². The van der Waals surface area contributed by atoms with E-state index in [2.05, 4.69) is 5.32 Å². The molecule has 0 heterocycles. The zero-order valence-electron chi connectivity index (χ0n) is 21.0. The lowest BCUT2D eigenvalue weighted by Gasteiger charge is -2.33. The maximum absolute atomic E-state index is 13.6. The molecule has 0 aromatic heterocycles. The second-order valence-electron chi connectivity index (χ2n) is 8.47. The number of unbranched alkanes of at least 4 members (excludes halogenated alkanes) is 1. The van der Waals surface area contributed by atoms with Gasteiger partial charge in [-0.15, -0.1) is 0 Å². The molecule has 0 aliphatic heterocycles. The molecule has 0 aliphatic carbocycles. The molecule has 0 fully saturated rings. The second kappa shape index (κ2) is 13.5. The first kappa shape index (κ1) is 28.7. The molecule has 0 saturated heterocycles. The van der Waals surface area contributed by atoms with Gasteiger partial charge in [0.15, 0.2) is 0 Å². The molecule has 9 heteroatoms. The average Bonchev–Trinajstić information content (AvgIpc) is 2.83. The van der Waals surface area contributed by atoms with Crippen molar-refractivity contribution in [1.82, 2.24) is 10.2 Å². The van der Waals surface area contributed by atoms with E-state index in [4.69, 9.17) is 11.6 Å². The van der Waals surface area contributed by atoms with Crippen molar-refractivity contribution in [2.75, 3.05) is 23.7 Å². The monoisotopic (exact) mass is 521 g/mol. The van der Waals surface area contributed by atoms with Crippen LogP contribution in [-0.4, -0.2) is 50.5 Å². The molecule has 1 N–H and O–H groups in total. The van der Waals surface area contributed by atoms with E-state index >= 15 is 0 Å². The Morgan fingerprint density at radius 2 is 1.69 bits per heavy atom. The third-order valence-electron chi connectivity index (χ3n) is 5.83. The Hall–Kier alpha value is -2.58. The summed E-state index contributed by atoms with van der Waals surface area (Å²) >= 11 is 6.36. The Morgan fingerprint density at radius 3 is 2.23 bits per heavy atom. The second-order valence-corrected chi connectivity index (χ2v) is 10.8. The fourth-order valence-corrected chi connectivity index (χ4v) is 4.79. The number of hydrogen-bond acceptors (Lipinski definition) is 4. The fourth-order valence-electron chi connectivity index (χ4n) is 3.75. The molecule has 1 atom stereocenters. The van der Waals surface area contributed by atoms with Gasteiger partial charge < -0.3 is 10.2 Å². The lowest BCUT2D eigenvalue weighted by Crippen LogP contribution is -2.52. The standard InChI is InChI=1S/C26H36ClN3O4S/c1-5-8-17-28-26(32)24(7-3)29(18-21-11-9-10-12-23(21)27)25(31)19-30(35(4,33)34)22-15-13-20(6-2)14-16-22/h9-16,24H,5-8,17-19H2,1-4H3,(H,28,32)/t24-/m1/s1. The molecule has 192 valence electrons. The van der Waals surface area contributed by atoms with Crippen molar-refractivity contribution in [2.24, 2.45) is 0 Å². The van der Waals surface area contributed by atoms with Gasteiger partial charge in [-0.3, -0.25) is 13.9 Å². The summed E-state index contributed by atoms with van der Waals surface area (Å²) in [6, 6.07) is 13.4. The Balaban J connectivity index is 2.40. The third-order valence-corrected chi connectivity index (χ3v) is 7.34. The summed E-state index contributed by atoms with van der Waals surface area (Å²) in [6.45, 7) is 6.05. The van der Waals surface area contributed by atoms with Gasteiger partial charge in [-0.2, -0.15) is 0 Å². The van der Waals surface area contributed by atoms with Gasteiger partial charge in [-0.1, -0.05) is 69.1 Å². The maximum Gasteiger partial charge on any atom is 0.244 e. The number of carbonyl (C=O) groups excluding carboxylic acids is 2. The molecule has 0 radical (unpaired) electrons. The number of rotatable bonds is 13. The maximum atomic E-state index is 13.6. The predicted molar refractivity (Wildman–Crippen MR) is 142 cm³/mol. The molecule has 0 aliphatic rings. The first-order valence-electron chi connectivity index (χ1n) is 12.0. The van der Waals surface area contributed by atoms with E-state index in [0.717, 1.165) is 35.4 Å². The molecular formula is C26H36ClN3O4S. The molecule has 0 unspecified atom stereocenters. The lowest BCUT2D eigenvalue weighted by molar-refractivity contribution is -0.140. The van der Waals surface area contributed by atoms with Gasteiger partial charge in [0, 0.05) is 18.1 Å². The summed E-state index contributed by atoms with van der Waals surface area (Å²) in [4.78, 5) is 28.1. The van der Waals surface area contributed by atoms with Crippen LogP contribution in [0, 0.1) is 0 Å². The molecule has 7 nitrogen and oxygen atoms in total. The number of aryl methyl sites for hydroxylation is 1. The number of hydrogen-bond donors (Lipinski definition) is 1. The molecule has 2 aromatic rings. The zero-order chi connectivity index (χ0) is 26.0. The number of amides is 2. The van der Waals surface area contributed by atoms with Gasteiger partial charge in [-0.05, 0) is 48.6 Å². The summed E-state index contributed by atoms with van der Waals surface area (Å²) < 4.78 is 26.4. The lowest BCUT2D eigenvalue weighted by atomic mass is 10.1. The Morgan fingerprint density at radius 1 is 1.03 bits per heavy atom. The Bertz CT molecular complexity index is 1090. The van der Waals surface area contributed by atoms with Gasteiger partial charge in [0.05, 0.1) is 11.9 Å². The quantitative estimate of drug-likeness (QED) is 0.396. The van der Waals surface area contributed by atoms with Crippen LogP contribution < -0.4 is 9.62 Å². The van der Waals surface area contributed by atoms with Crippen LogP contribution in [0.3, 0.4) is 0 Å². The summed E-state index contributed by atoms with van der Waals surface area (Å²) in [5.41, 5.74) is 2.14. The number of nitrogens with zero attached hydrogens (tertiary/aromatic N) is 2. The topological polar surface area (TPSA) is 86.8 Å². The van der Waals surface area contributed by atoms with Crippen molar-refractivity contribution in [1.29, 1.82) is 0 Å². The largest absolute Gasteiger partial charge is 0.354 e. The minimum Gasteiger partial charge on any atom is -0.354 e. The van der Waals surface area contributed by atoms with Crippen LogP contribution in [0.25, 0.3) is 0 Å². The van der Waals surface area contributed by atoms with E-state index in [1.165, 1.54) is 4.90 Å². The number of anilines is 1. The van der Waals surface area contributed by atoms with Crippen molar-refractivity contribution in [3.05, 3.63) is 64.7 Å². The first-order chi connectivity index (χ1) is 16.6. The predicted octanol–water partition coefficient (Wildman–Crippen LogP) is 4.39. The summed E-state index contributed by atoms with van der Waals surface area (Å²) in [7, 11) is -3.76. The molecule has 2 aromatic carbocycles. The van der Waals surface area contributed by atoms with E-state index < -0.39 is 28.5 Å². The highest BCUT2D eigenvalue weighted by atomic mass is 35.5. The number of carbonyl (C=O) groups is 2. The number of nitrogens with one attached hydrogen (secondary N) is 1. The number of benzene rings is 2.